The standard InChI is InChI=1S/C14H26N2O2S/c1-4-7-12-15-14(8-5-6-9-14)13(17)16(12)11(2)10-19(3)18/h11-12,15H,4-10H2,1-3H3. The van der Waals surface area contributed by atoms with Gasteiger partial charge in [-0.05, 0) is 26.2 Å². The van der Waals surface area contributed by atoms with Gasteiger partial charge in [0.15, 0.2) is 0 Å². The maximum absolute atomic E-state index is 12.8. The lowest BCUT2D eigenvalue weighted by Gasteiger charge is -2.30. The third-order valence-corrected chi connectivity index (χ3v) is 5.34. The second kappa shape index (κ2) is 5.92. The Morgan fingerprint density at radius 2 is 2.11 bits per heavy atom. The van der Waals surface area contributed by atoms with Gasteiger partial charge < -0.3 is 4.90 Å². The summed E-state index contributed by atoms with van der Waals surface area (Å²) in [6, 6.07) is 0.0577. The molecular formula is C14H26N2O2S. The van der Waals surface area contributed by atoms with E-state index in [2.05, 4.69) is 12.2 Å². The van der Waals surface area contributed by atoms with Gasteiger partial charge >= 0.3 is 0 Å². The first-order chi connectivity index (χ1) is 9.00. The smallest absolute Gasteiger partial charge is 0.244 e. The molecule has 0 aromatic rings. The van der Waals surface area contributed by atoms with Crippen molar-refractivity contribution < 1.29 is 9.00 Å². The summed E-state index contributed by atoms with van der Waals surface area (Å²) in [4.78, 5) is 14.8. The lowest BCUT2D eigenvalue weighted by atomic mass is 9.98. The average molecular weight is 286 g/mol. The van der Waals surface area contributed by atoms with Gasteiger partial charge in [0.2, 0.25) is 5.91 Å². The molecule has 2 aliphatic rings. The first kappa shape index (κ1) is 15.0. The third-order valence-electron chi connectivity index (χ3n) is 4.39. The highest BCUT2D eigenvalue weighted by Gasteiger charge is 2.52. The van der Waals surface area contributed by atoms with E-state index in [0.717, 1.165) is 38.5 Å². The van der Waals surface area contributed by atoms with Crippen molar-refractivity contribution in [2.45, 2.75) is 70.1 Å². The van der Waals surface area contributed by atoms with Crippen LogP contribution < -0.4 is 5.32 Å². The van der Waals surface area contributed by atoms with Crippen molar-refractivity contribution in [3.8, 4) is 0 Å². The average Bonchev–Trinajstić information content (AvgIpc) is 2.87. The molecule has 2 fully saturated rings. The van der Waals surface area contributed by atoms with Crippen LogP contribution in [0.1, 0.15) is 52.4 Å². The Kier molecular flexibility index (Phi) is 4.66. The Balaban J connectivity index is 2.17. The molecule has 1 saturated heterocycles. The minimum Gasteiger partial charge on any atom is -0.322 e. The molecule has 110 valence electrons. The molecule has 3 atom stereocenters. The summed E-state index contributed by atoms with van der Waals surface area (Å²) in [5.74, 6) is 0.824. The number of rotatable bonds is 5. The molecule has 1 aliphatic carbocycles. The van der Waals surface area contributed by atoms with E-state index in [1.807, 2.05) is 11.8 Å². The van der Waals surface area contributed by atoms with Crippen LogP contribution in [0, 0.1) is 0 Å². The number of carbonyl (C=O) groups excluding carboxylic acids is 1. The van der Waals surface area contributed by atoms with Crippen LogP contribution in [0.25, 0.3) is 0 Å². The minimum atomic E-state index is -0.860. The highest BCUT2D eigenvalue weighted by atomic mass is 32.2. The minimum absolute atomic E-state index is 0.0577. The maximum Gasteiger partial charge on any atom is 0.244 e. The quantitative estimate of drug-likeness (QED) is 0.835. The van der Waals surface area contributed by atoms with E-state index in [4.69, 9.17) is 0 Å². The fraction of sp³-hybridized carbons (Fsp3) is 0.929. The molecule has 0 aromatic heterocycles. The van der Waals surface area contributed by atoms with Gasteiger partial charge in [-0.25, -0.2) is 0 Å². The van der Waals surface area contributed by atoms with Crippen LogP contribution in [-0.4, -0.2) is 44.8 Å². The van der Waals surface area contributed by atoms with Gasteiger partial charge in [0, 0.05) is 28.9 Å². The lowest BCUT2D eigenvalue weighted by molar-refractivity contribution is -0.134. The third kappa shape index (κ3) is 2.87. The predicted molar refractivity (Wildman–Crippen MR) is 78.3 cm³/mol. The molecule has 1 aliphatic heterocycles. The van der Waals surface area contributed by atoms with Gasteiger partial charge in [-0.15, -0.1) is 0 Å². The van der Waals surface area contributed by atoms with E-state index >= 15 is 0 Å². The van der Waals surface area contributed by atoms with Crippen molar-refractivity contribution in [1.82, 2.24) is 10.2 Å². The van der Waals surface area contributed by atoms with E-state index in [9.17, 15) is 9.00 Å². The normalized spacial score (nSPS) is 29.1. The molecule has 1 spiro atoms. The second-order valence-corrected chi connectivity index (χ2v) is 7.52. The zero-order chi connectivity index (χ0) is 14.0. The van der Waals surface area contributed by atoms with Gasteiger partial charge in [0.25, 0.3) is 0 Å². The zero-order valence-electron chi connectivity index (χ0n) is 12.3. The first-order valence-electron chi connectivity index (χ1n) is 7.40. The molecule has 1 heterocycles. The predicted octanol–water partition coefficient (Wildman–Crippen LogP) is 1.62. The molecule has 2 rings (SSSR count). The van der Waals surface area contributed by atoms with Crippen LogP contribution in [0.15, 0.2) is 0 Å². The van der Waals surface area contributed by atoms with Crippen LogP contribution in [0.4, 0.5) is 0 Å². The van der Waals surface area contributed by atoms with Crippen LogP contribution in [0.2, 0.25) is 0 Å². The largest absolute Gasteiger partial charge is 0.322 e. The van der Waals surface area contributed by atoms with E-state index in [1.165, 1.54) is 0 Å². The monoisotopic (exact) mass is 286 g/mol. The van der Waals surface area contributed by atoms with E-state index in [1.54, 1.807) is 6.26 Å². The Morgan fingerprint density at radius 1 is 1.47 bits per heavy atom. The van der Waals surface area contributed by atoms with Gasteiger partial charge in [-0.1, -0.05) is 26.2 Å². The Bertz CT molecular complexity index is 366. The summed E-state index contributed by atoms with van der Waals surface area (Å²) >= 11 is 0. The molecular weight excluding hydrogens is 260 g/mol. The summed E-state index contributed by atoms with van der Waals surface area (Å²) < 4.78 is 11.4. The van der Waals surface area contributed by atoms with Crippen molar-refractivity contribution in [2.75, 3.05) is 12.0 Å². The Morgan fingerprint density at radius 3 is 2.63 bits per heavy atom. The number of hydrogen-bond acceptors (Lipinski definition) is 3. The summed E-state index contributed by atoms with van der Waals surface area (Å²) in [5, 5.41) is 3.60. The molecule has 0 aromatic carbocycles. The summed E-state index contributed by atoms with van der Waals surface area (Å²) in [7, 11) is -0.860. The molecule has 19 heavy (non-hydrogen) atoms. The van der Waals surface area contributed by atoms with Gasteiger partial charge in [0.1, 0.15) is 0 Å². The van der Waals surface area contributed by atoms with Crippen molar-refractivity contribution >= 4 is 16.7 Å². The topological polar surface area (TPSA) is 49.4 Å². The molecule has 1 saturated carbocycles. The first-order valence-corrected chi connectivity index (χ1v) is 9.13. The molecule has 1 N–H and O–H groups in total. The summed E-state index contributed by atoms with van der Waals surface area (Å²) in [5.41, 5.74) is -0.302. The van der Waals surface area contributed by atoms with Crippen molar-refractivity contribution in [1.29, 1.82) is 0 Å². The number of carbonyl (C=O) groups is 1. The molecule has 3 unspecified atom stereocenters. The molecule has 5 heteroatoms. The van der Waals surface area contributed by atoms with Crippen molar-refractivity contribution in [3.05, 3.63) is 0 Å². The highest BCUT2D eigenvalue weighted by molar-refractivity contribution is 7.84. The summed E-state index contributed by atoms with van der Waals surface area (Å²) in [6.07, 6.45) is 8.08. The van der Waals surface area contributed by atoms with Crippen molar-refractivity contribution in [2.24, 2.45) is 0 Å². The number of nitrogens with zero attached hydrogens (tertiary/aromatic N) is 1. The summed E-state index contributed by atoms with van der Waals surface area (Å²) in [6.45, 7) is 4.17. The fourth-order valence-electron chi connectivity index (χ4n) is 3.59. The van der Waals surface area contributed by atoms with Crippen LogP contribution >= 0.6 is 0 Å². The number of nitrogens with one attached hydrogen (secondary N) is 1. The molecule has 4 nitrogen and oxygen atoms in total. The molecule has 0 radical (unpaired) electrons. The van der Waals surface area contributed by atoms with Crippen molar-refractivity contribution in [3.63, 3.8) is 0 Å². The van der Waals surface area contributed by atoms with E-state index in [-0.39, 0.29) is 23.7 Å². The Labute approximate surface area is 118 Å². The number of amides is 1. The van der Waals surface area contributed by atoms with E-state index in [0.29, 0.717) is 5.75 Å². The SMILES string of the molecule is CCCC1NC2(CCCC2)C(=O)N1C(C)CS(C)=O. The van der Waals surface area contributed by atoms with Crippen LogP contribution in [-0.2, 0) is 15.6 Å². The van der Waals surface area contributed by atoms with Crippen LogP contribution in [0.3, 0.4) is 0 Å². The van der Waals surface area contributed by atoms with Gasteiger partial charge in [0.05, 0.1) is 11.7 Å². The van der Waals surface area contributed by atoms with E-state index < -0.39 is 10.8 Å². The zero-order valence-corrected chi connectivity index (χ0v) is 13.1. The molecule has 1 amide bonds. The van der Waals surface area contributed by atoms with Gasteiger partial charge in [-0.3, -0.25) is 14.3 Å². The lowest BCUT2D eigenvalue weighted by Crippen LogP contribution is -2.46. The fourth-order valence-corrected chi connectivity index (χ4v) is 4.43. The maximum atomic E-state index is 12.8. The number of hydrogen-bond donors (Lipinski definition) is 1. The second-order valence-electron chi connectivity index (χ2n) is 6.04. The van der Waals surface area contributed by atoms with Crippen LogP contribution in [0.5, 0.6) is 0 Å². The van der Waals surface area contributed by atoms with Gasteiger partial charge in [-0.2, -0.15) is 0 Å². The highest BCUT2D eigenvalue weighted by Crippen LogP contribution is 2.38. The molecule has 0 bridgehead atoms. The Hall–Kier alpha value is -0.420.